The second-order valence-electron chi connectivity index (χ2n) is 8.65. The molecule has 0 radical (unpaired) electrons. The Morgan fingerprint density at radius 2 is 1.74 bits per heavy atom. The van der Waals surface area contributed by atoms with E-state index in [4.69, 9.17) is 9.97 Å². The Bertz CT molecular complexity index is 1350. The summed E-state index contributed by atoms with van der Waals surface area (Å²) in [6, 6.07) is 5.50. The Morgan fingerprint density at radius 1 is 0.941 bits per heavy atom. The molecule has 1 aliphatic carbocycles. The van der Waals surface area contributed by atoms with Crippen molar-refractivity contribution in [2.24, 2.45) is 0 Å². The van der Waals surface area contributed by atoms with Gasteiger partial charge in [-0.3, -0.25) is 9.97 Å². The molecule has 6 rings (SSSR count). The minimum Gasteiger partial charge on any atom is -0.353 e. The fraction of sp³-hybridized carbons (Fsp3) is 0.280. The lowest BCUT2D eigenvalue weighted by Gasteiger charge is -2.30. The first-order valence-electron chi connectivity index (χ1n) is 11.5. The van der Waals surface area contributed by atoms with E-state index < -0.39 is 11.6 Å². The summed E-state index contributed by atoms with van der Waals surface area (Å²) in [5.74, 6) is 0.459. The normalized spacial score (nSPS) is 16.1. The van der Waals surface area contributed by atoms with Crippen LogP contribution < -0.4 is 15.5 Å². The van der Waals surface area contributed by atoms with Crippen molar-refractivity contribution in [3.05, 3.63) is 66.3 Å². The molecule has 9 heteroatoms. The molecule has 2 fully saturated rings. The van der Waals surface area contributed by atoms with Crippen LogP contribution in [0.25, 0.3) is 22.3 Å². The number of fused-ring (bicyclic) bond motifs is 1. The third-order valence-electron chi connectivity index (χ3n) is 6.34. The molecule has 0 bridgehead atoms. The number of para-hydroxylation sites is 1. The van der Waals surface area contributed by atoms with Crippen molar-refractivity contribution >= 4 is 28.1 Å². The van der Waals surface area contributed by atoms with Crippen LogP contribution in [0.1, 0.15) is 24.3 Å². The fourth-order valence-corrected chi connectivity index (χ4v) is 4.46. The van der Waals surface area contributed by atoms with Crippen LogP contribution in [0.5, 0.6) is 0 Å². The zero-order valence-corrected chi connectivity index (χ0v) is 18.4. The first-order valence-corrected chi connectivity index (χ1v) is 11.5. The average Bonchev–Trinajstić information content (AvgIpc) is 3.72. The summed E-state index contributed by atoms with van der Waals surface area (Å²) in [7, 11) is 0. The van der Waals surface area contributed by atoms with Crippen molar-refractivity contribution < 1.29 is 8.78 Å². The number of piperazine rings is 1. The summed E-state index contributed by atoms with van der Waals surface area (Å²) in [4.78, 5) is 20.8. The van der Waals surface area contributed by atoms with Gasteiger partial charge in [-0.25, -0.2) is 18.7 Å². The lowest BCUT2D eigenvalue weighted by molar-refractivity contribution is 0.586. The second-order valence-corrected chi connectivity index (χ2v) is 8.65. The minimum atomic E-state index is -0.686. The number of halogens is 2. The van der Waals surface area contributed by atoms with E-state index in [9.17, 15) is 8.78 Å². The van der Waals surface area contributed by atoms with Gasteiger partial charge in [0.25, 0.3) is 0 Å². The van der Waals surface area contributed by atoms with Crippen molar-refractivity contribution in [1.29, 1.82) is 0 Å². The number of benzene rings is 1. The van der Waals surface area contributed by atoms with Gasteiger partial charge in [-0.1, -0.05) is 6.07 Å². The van der Waals surface area contributed by atoms with Gasteiger partial charge in [-0.15, -0.1) is 0 Å². The smallest absolute Gasteiger partial charge is 0.164 e. The van der Waals surface area contributed by atoms with E-state index in [-0.39, 0.29) is 5.69 Å². The number of anilines is 3. The molecule has 34 heavy (non-hydrogen) atoms. The molecule has 2 aliphatic rings. The van der Waals surface area contributed by atoms with E-state index in [2.05, 4.69) is 25.5 Å². The molecule has 0 atom stereocenters. The van der Waals surface area contributed by atoms with Gasteiger partial charge in [0.15, 0.2) is 5.82 Å². The SMILES string of the molecule is Fc1cccc(F)c1Nc1cnccc1-c1nc(N2CCNCC2)c2c(C3CC3)cncc2n1. The van der Waals surface area contributed by atoms with Crippen LogP contribution >= 0.6 is 0 Å². The Kier molecular flexibility index (Phi) is 5.26. The van der Waals surface area contributed by atoms with Crippen molar-refractivity contribution in [3.63, 3.8) is 0 Å². The molecule has 1 aliphatic heterocycles. The van der Waals surface area contributed by atoms with Crippen molar-refractivity contribution in [2.45, 2.75) is 18.8 Å². The van der Waals surface area contributed by atoms with Gasteiger partial charge in [0, 0.05) is 49.5 Å². The third kappa shape index (κ3) is 3.81. The summed E-state index contributed by atoms with van der Waals surface area (Å²) in [6.45, 7) is 3.42. The predicted molar refractivity (Wildman–Crippen MR) is 127 cm³/mol. The molecule has 1 aromatic carbocycles. The van der Waals surface area contributed by atoms with Crippen LogP contribution in [-0.2, 0) is 0 Å². The van der Waals surface area contributed by atoms with E-state index in [1.54, 1.807) is 18.5 Å². The van der Waals surface area contributed by atoms with Gasteiger partial charge in [0.05, 0.1) is 23.6 Å². The first kappa shape index (κ1) is 20.9. The van der Waals surface area contributed by atoms with Crippen LogP contribution in [0.2, 0.25) is 0 Å². The topological polar surface area (TPSA) is 78.9 Å². The van der Waals surface area contributed by atoms with Crippen LogP contribution in [0.4, 0.5) is 26.0 Å². The second kappa shape index (κ2) is 8.57. The average molecular weight is 460 g/mol. The molecular formula is C25H23F2N7. The van der Waals surface area contributed by atoms with Crippen molar-refractivity contribution in [1.82, 2.24) is 25.3 Å². The molecule has 2 N–H and O–H groups in total. The number of rotatable bonds is 5. The lowest BCUT2D eigenvalue weighted by Crippen LogP contribution is -2.44. The summed E-state index contributed by atoms with van der Waals surface area (Å²) < 4.78 is 28.7. The molecule has 1 saturated heterocycles. The molecule has 7 nitrogen and oxygen atoms in total. The summed E-state index contributed by atoms with van der Waals surface area (Å²) in [6.07, 6.45) is 9.15. The molecule has 0 amide bonds. The zero-order valence-electron chi connectivity index (χ0n) is 18.4. The maximum Gasteiger partial charge on any atom is 0.164 e. The molecular weight excluding hydrogens is 436 g/mol. The number of pyridine rings is 2. The standard InChI is InChI=1S/C25H23F2N7/c26-18-2-1-3-19(27)23(18)31-20-13-29-7-6-16(20)24-32-21-14-30-12-17(15-4-5-15)22(21)25(33-24)34-10-8-28-9-11-34/h1-3,6-7,12-15,28,31H,4-5,8-11H2. The van der Waals surface area contributed by atoms with Crippen molar-refractivity contribution in [2.75, 3.05) is 36.4 Å². The summed E-state index contributed by atoms with van der Waals surface area (Å²) in [5.41, 5.74) is 2.75. The van der Waals surface area contributed by atoms with E-state index in [1.807, 2.05) is 6.20 Å². The van der Waals surface area contributed by atoms with E-state index in [0.29, 0.717) is 23.0 Å². The molecule has 0 spiro atoms. The highest BCUT2D eigenvalue weighted by Crippen LogP contribution is 2.45. The Labute approximate surface area is 195 Å². The third-order valence-corrected chi connectivity index (χ3v) is 6.34. The quantitative estimate of drug-likeness (QED) is 0.458. The molecule has 0 unspecified atom stereocenters. The Hall–Kier alpha value is -3.72. The molecule has 172 valence electrons. The van der Waals surface area contributed by atoms with Gasteiger partial charge in [-0.05, 0) is 42.5 Å². The van der Waals surface area contributed by atoms with E-state index >= 15 is 0 Å². The van der Waals surface area contributed by atoms with Crippen LogP contribution in [0.3, 0.4) is 0 Å². The van der Waals surface area contributed by atoms with E-state index in [1.165, 1.54) is 30.0 Å². The van der Waals surface area contributed by atoms with Gasteiger partial charge in [0.2, 0.25) is 0 Å². The van der Waals surface area contributed by atoms with Gasteiger partial charge >= 0.3 is 0 Å². The zero-order chi connectivity index (χ0) is 23.1. The maximum absolute atomic E-state index is 14.3. The van der Waals surface area contributed by atoms with Gasteiger partial charge < -0.3 is 15.5 Å². The number of aromatic nitrogens is 4. The van der Waals surface area contributed by atoms with Gasteiger partial charge in [-0.2, -0.15) is 0 Å². The summed E-state index contributed by atoms with van der Waals surface area (Å²) >= 11 is 0. The van der Waals surface area contributed by atoms with E-state index in [0.717, 1.165) is 55.7 Å². The van der Waals surface area contributed by atoms with Crippen molar-refractivity contribution in [3.8, 4) is 11.4 Å². The largest absolute Gasteiger partial charge is 0.353 e. The molecule has 4 heterocycles. The van der Waals surface area contributed by atoms with Crippen LogP contribution in [-0.4, -0.2) is 46.1 Å². The number of hydrogen-bond donors (Lipinski definition) is 2. The highest BCUT2D eigenvalue weighted by atomic mass is 19.1. The lowest BCUT2D eigenvalue weighted by atomic mass is 10.1. The number of nitrogens with zero attached hydrogens (tertiary/aromatic N) is 5. The highest BCUT2D eigenvalue weighted by molar-refractivity contribution is 5.95. The molecule has 1 saturated carbocycles. The van der Waals surface area contributed by atoms with Gasteiger partial charge in [0.1, 0.15) is 23.1 Å². The monoisotopic (exact) mass is 459 g/mol. The number of hydrogen-bond acceptors (Lipinski definition) is 7. The molecule has 4 aromatic rings. The van der Waals surface area contributed by atoms with Crippen LogP contribution in [0, 0.1) is 11.6 Å². The highest BCUT2D eigenvalue weighted by Gasteiger charge is 2.29. The summed E-state index contributed by atoms with van der Waals surface area (Å²) in [5, 5.41) is 7.30. The first-order chi connectivity index (χ1) is 16.7. The Morgan fingerprint density at radius 3 is 2.50 bits per heavy atom. The van der Waals surface area contributed by atoms with Crippen LogP contribution in [0.15, 0.2) is 49.1 Å². The minimum absolute atomic E-state index is 0.238. The predicted octanol–water partition coefficient (Wildman–Crippen LogP) is 4.40. The number of nitrogens with one attached hydrogen (secondary N) is 2. The fourth-order valence-electron chi connectivity index (χ4n) is 4.46. The molecule has 3 aromatic heterocycles. The maximum atomic E-state index is 14.3. The Balaban J connectivity index is 1.51.